The first kappa shape index (κ1) is 14.6. The van der Waals surface area contributed by atoms with E-state index in [4.69, 9.17) is 9.47 Å². The van der Waals surface area contributed by atoms with Crippen molar-refractivity contribution in [3.63, 3.8) is 0 Å². The number of rotatable bonds is 7. The Morgan fingerprint density at radius 3 is 1.94 bits per heavy atom. The summed E-state index contributed by atoms with van der Waals surface area (Å²) in [7, 11) is 0. The van der Waals surface area contributed by atoms with E-state index >= 15 is 0 Å². The monoisotopic (exact) mass is 230 g/mol. The molecule has 0 heterocycles. The lowest BCUT2D eigenvalue weighted by Crippen LogP contribution is -2.44. The van der Waals surface area contributed by atoms with E-state index in [2.05, 4.69) is 6.58 Å². The molecule has 0 saturated carbocycles. The molecule has 0 aliphatic carbocycles. The third kappa shape index (κ3) is 3.06. The summed E-state index contributed by atoms with van der Waals surface area (Å²) in [5.41, 5.74) is -1.67. The Hall–Kier alpha value is -1.36. The molecule has 1 N–H and O–H groups in total. The maximum Gasteiger partial charge on any atom is 0.326 e. The van der Waals surface area contributed by atoms with E-state index in [1.807, 2.05) is 0 Å². The van der Waals surface area contributed by atoms with Crippen LogP contribution in [-0.4, -0.2) is 36.9 Å². The van der Waals surface area contributed by atoms with Gasteiger partial charge in [0.1, 0.15) is 0 Å². The van der Waals surface area contributed by atoms with Gasteiger partial charge in [-0.05, 0) is 20.3 Å². The number of esters is 2. The highest BCUT2D eigenvalue weighted by atomic mass is 16.6. The van der Waals surface area contributed by atoms with E-state index in [0.717, 1.165) is 0 Å². The van der Waals surface area contributed by atoms with Gasteiger partial charge in [0.2, 0.25) is 0 Å². The molecule has 16 heavy (non-hydrogen) atoms. The zero-order valence-corrected chi connectivity index (χ0v) is 9.69. The molecule has 0 aromatic heterocycles. The molecule has 0 amide bonds. The molecule has 0 radical (unpaired) electrons. The normalized spacial score (nSPS) is 10.7. The molecule has 0 aliphatic rings. The fraction of sp³-hybridized carbons (Fsp3) is 0.636. The van der Waals surface area contributed by atoms with Crippen LogP contribution in [0.2, 0.25) is 0 Å². The molecule has 0 saturated heterocycles. The largest absolute Gasteiger partial charge is 0.465 e. The molecule has 0 rings (SSSR count). The zero-order valence-electron chi connectivity index (χ0n) is 9.69. The van der Waals surface area contributed by atoms with Crippen LogP contribution in [-0.2, 0) is 19.1 Å². The second kappa shape index (κ2) is 7.00. The number of hydrogen-bond donors (Lipinski definition) is 1. The SMILES string of the molecule is C=CCC(CO)(C(=O)OCC)C(=O)OCC. The van der Waals surface area contributed by atoms with Gasteiger partial charge in [-0.25, -0.2) is 0 Å². The van der Waals surface area contributed by atoms with Crippen LogP contribution in [0.1, 0.15) is 20.3 Å². The zero-order chi connectivity index (χ0) is 12.6. The Balaban J connectivity index is 5.04. The predicted octanol–water partition coefficient (Wildman–Crippen LogP) is 0.667. The number of aliphatic hydroxyl groups is 1. The van der Waals surface area contributed by atoms with Crippen molar-refractivity contribution in [2.45, 2.75) is 20.3 Å². The van der Waals surface area contributed by atoms with Crippen molar-refractivity contribution in [2.24, 2.45) is 5.41 Å². The maximum absolute atomic E-state index is 11.7. The Labute approximate surface area is 95.0 Å². The molecule has 0 aromatic carbocycles. The van der Waals surface area contributed by atoms with Crippen molar-refractivity contribution in [3.05, 3.63) is 12.7 Å². The first-order valence-electron chi connectivity index (χ1n) is 5.15. The van der Waals surface area contributed by atoms with Crippen molar-refractivity contribution in [3.8, 4) is 0 Å². The molecule has 0 spiro atoms. The lowest BCUT2D eigenvalue weighted by atomic mass is 9.85. The summed E-state index contributed by atoms with van der Waals surface area (Å²) in [4.78, 5) is 23.3. The highest BCUT2D eigenvalue weighted by Crippen LogP contribution is 2.26. The van der Waals surface area contributed by atoms with Crippen LogP contribution in [0.15, 0.2) is 12.7 Å². The summed E-state index contributed by atoms with van der Waals surface area (Å²) in [5, 5.41) is 9.25. The van der Waals surface area contributed by atoms with E-state index in [9.17, 15) is 14.7 Å². The number of carbonyl (C=O) groups is 2. The number of hydrogen-bond acceptors (Lipinski definition) is 5. The van der Waals surface area contributed by atoms with Gasteiger partial charge < -0.3 is 14.6 Å². The Kier molecular flexibility index (Phi) is 6.41. The lowest BCUT2D eigenvalue weighted by Gasteiger charge is -2.25. The molecule has 0 unspecified atom stereocenters. The van der Waals surface area contributed by atoms with Crippen LogP contribution in [0.5, 0.6) is 0 Å². The van der Waals surface area contributed by atoms with Gasteiger partial charge in [0.05, 0.1) is 19.8 Å². The van der Waals surface area contributed by atoms with Gasteiger partial charge >= 0.3 is 11.9 Å². The summed E-state index contributed by atoms with van der Waals surface area (Å²) in [6, 6.07) is 0. The number of carbonyl (C=O) groups excluding carboxylic acids is 2. The molecule has 0 aliphatic heterocycles. The van der Waals surface area contributed by atoms with E-state index < -0.39 is 24.0 Å². The molecule has 0 aromatic rings. The number of allylic oxidation sites excluding steroid dienone is 1. The van der Waals surface area contributed by atoms with Crippen LogP contribution < -0.4 is 0 Å². The summed E-state index contributed by atoms with van der Waals surface area (Å²) >= 11 is 0. The van der Waals surface area contributed by atoms with Gasteiger partial charge in [-0.1, -0.05) is 6.08 Å². The van der Waals surface area contributed by atoms with Crippen molar-refractivity contribution in [2.75, 3.05) is 19.8 Å². The van der Waals surface area contributed by atoms with Crippen LogP contribution in [0, 0.1) is 5.41 Å². The minimum atomic E-state index is -1.67. The van der Waals surface area contributed by atoms with Gasteiger partial charge in [0.25, 0.3) is 0 Å². The lowest BCUT2D eigenvalue weighted by molar-refractivity contribution is -0.175. The average Bonchev–Trinajstić information content (AvgIpc) is 2.26. The van der Waals surface area contributed by atoms with Crippen LogP contribution >= 0.6 is 0 Å². The van der Waals surface area contributed by atoms with Crippen molar-refractivity contribution in [1.29, 1.82) is 0 Å². The standard InChI is InChI=1S/C11H18O5/c1-4-7-11(8-12,9(13)15-5-2)10(14)16-6-3/h4,12H,1,5-8H2,2-3H3. The summed E-state index contributed by atoms with van der Waals surface area (Å²) in [6.45, 7) is 6.32. The summed E-state index contributed by atoms with van der Waals surface area (Å²) in [5.74, 6) is -1.56. The minimum Gasteiger partial charge on any atom is -0.465 e. The van der Waals surface area contributed by atoms with E-state index in [-0.39, 0.29) is 19.6 Å². The van der Waals surface area contributed by atoms with Gasteiger partial charge in [-0.2, -0.15) is 0 Å². The fourth-order valence-corrected chi connectivity index (χ4v) is 1.23. The topological polar surface area (TPSA) is 72.8 Å². The van der Waals surface area contributed by atoms with Crippen molar-refractivity contribution < 1.29 is 24.2 Å². The number of ether oxygens (including phenoxy) is 2. The third-order valence-corrected chi connectivity index (χ3v) is 2.10. The maximum atomic E-state index is 11.7. The van der Waals surface area contributed by atoms with E-state index in [1.165, 1.54) is 6.08 Å². The highest BCUT2D eigenvalue weighted by molar-refractivity contribution is 6.00. The van der Waals surface area contributed by atoms with Crippen LogP contribution in [0.3, 0.4) is 0 Å². The third-order valence-electron chi connectivity index (χ3n) is 2.10. The Bertz CT molecular complexity index is 241. The fourth-order valence-electron chi connectivity index (χ4n) is 1.23. The van der Waals surface area contributed by atoms with Gasteiger partial charge in [0.15, 0.2) is 5.41 Å². The molecular formula is C11H18O5. The molecule has 5 nitrogen and oxygen atoms in total. The molecule has 5 heteroatoms. The molecule has 0 bridgehead atoms. The molecular weight excluding hydrogens is 212 g/mol. The molecule has 0 fully saturated rings. The summed E-state index contributed by atoms with van der Waals surface area (Å²) < 4.78 is 9.54. The Morgan fingerprint density at radius 2 is 1.69 bits per heavy atom. The predicted molar refractivity (Wildman–Crippen MR) is 57.6 cm³/mol. The van der Waals surface area contributed by atoms with Gasteiger partial charge in [0, 0.05) is 0 Å². The van der Waals surface area contributed by atoms with Crippen LogP contribution in [0.25, 0.3) is 0 Å². The first-order valence-corrected chi connectivity index (χ1v) is 5.15. The van der Waals surface area contributed by atoms with E-state index in [0.29, 0.717) is 0 Å². The highest BCUT2D eigenvalue weighted by Gasteiger charge is 2.47. The van der Waals surface area contributed by atoms with Crippen molar-refractivity contribution >= 4 is 11.9 Å². The van der Waals surface area contributed by atoms with Crippen LogP contribution in [0.4, 0.5) is 0 Å². The second-order valence-corrected chi connectivity index (χ2v) is 3.17. The molecule has 0 atom stereocenters. The minimum absolute atomic E-state index is 0.0127. The first-order chi connectivity index (χ1) is 7.58. The van der Waals surface area contributed by atoms with Crippen molar-refractivity contribution in [1.82, 2.24) is 0 Å². The summed E-state index contributed by atoms with van der Waals surface area (Å²) in [6.07, 6.45) is 1.37. The molecule has 92 valence electrons. The smallest absolute Gasteiger partial charge is 0.326 e. The Morgan fingerprint density at radius 1 is 1.25 bits per heavy atom. The quantitative estimate of drug-likeness (QED) is 0.395. The van der Waals surface area contributed by atoms with Gasteiger partial charge in [-0.15, -0.1) is 6.58 Å². The van der Waals surface area contributed by atoms with Gasteiger partial charge in [-0.3, -0.25) is 9.59 Å². The average molecular weight is 230 g/mol. The second-order valence-electron chi connectivity index (χ2n) is 3.17. The van der Waals surface area contributed by atoms with E-state index in [1.54, 1.807) is 13.8 Å². The number of aliphatic hydroxyl groups excluding tert-OH is 1.